The zero-order valence-corrected chi connectivity index (χ0v) is 9.56. The van der Waals surface area contributed by atoms with Crippen LogP contribution in [-0.2, 0) is 11.1 Å². The minimum absolute atomic E-state index is 0.0185. The highest BCUT2D eigenvalue weighted by Gasteiger charge is 2.21. The summed E-state index contributed by atoms with van der Waals surface area (Å²) in [5.41, 5.74) is 0. The third-order valence-electron chi connectivity index (χ3n) is 1.05. The van der Waals surface area contributed by atoms with E-state index in [1.54, 1.807) is 0 Å². The molecular weight excluding hydrogens is 186 g/mol. The Labute approximate surface area is 83.4 Å². The van der Waals surface area contributed by atoms with Gasteiger partial charge < -0.3 is 4.55 Å². The van der Waals surface area contributed by atoms with Crippen LogP contribution in [0, 0.1) is 17.2 Å². The summed E-state index contributed by atoms with van der Waals surface area (Å²) >= 11 is -1.76. The third kappa shape index (κ3) is 14.5. The topological polar surface area (TPSA) is 63.9 Å². The lowest BCUT2D eigenvalue weighted by molar-refractivity contribution is 0.535. The highest BCUT2D eigenvalue weighted by molar-refractivity contribution is 7.80. The maximum absolute atomic E-state index is 9.76. The molecule has 0 amide bonds. The average molecular weight is 204 g/mol. The molecule has 1 fully saturated rings. The van der Waals surface area contributed by atoms with E-state index < -0.39 is 11.1 Å². The molecule has 1 saturated carbocycles. The van der Waals surface area contributed by atoms with E-state index in [0.29, 0.717) is 0 Å². The minimum Gasteiger partial charge on any atom is -0.772 e. The number of rotatable bonds is 1. The number of hydrogen-bond acceptors (Lipinski definition) is 3. The summed E-state index contributed by atoms with van der Waals surface area (Å²) in [6, 6.07) is 2.03. The first-order valence-electron chi connectivity index (χ1n) is 4.55. The molecule has 1 aliphatic carbocycles. The maximum atomic E-state index is 9.76. The summed E-state index contributed by atoms with van der Waals surface area (Å²) in [6.45, 7) is 7.72. The smallest absolute Gasteiger partial charge is 0.0649 e. The van der Waals surface area contributed by atoms with Crippen LogP contribution in [0.1, 0.15) is 40.5 Å². The molecule has 0 bridgehead atoms. The molecule has 0 heterocycles. The van der Waals surface area contributed by atoms with Crippen molar-refractivity contribution in [1.82, 2.24) is 0 Å². The SMILES string of the molecule is CC.CC(C)C#N.O=S([O-])C1CC1. The van der Waals surface area contributed by atoms with Crippen molar-refractivity contribution >= 4 is 11.1 Å². The minimum atomic E-state index is -1.76. The van der Waals surface area contributed by atoms with Gasteiger partial charge in [-0.2, -0.15) is 5.26 Å². The Morgan fingerprint density at radius 1 is 1.46 bits per heavy atom. The van der Waals surface area contributed by atoms with Gasteiger partial charge in [-0.3, -0.25) is 4.21 Å². The summed E-state index contributed by atoms with van der Waals surface area (Å²) in [5, 5.41) is 7.91. The van der Waals surface area contributed by atoms with E-state index in [0.717, 1.165) is 12.8 Å². The number of nitrogens with zero attached hydrogens (tertiary/aromatic N) is 1. The molecule has 0 spiro atoms. The van der Waals surface area contributed by atoms with E-state index in [2.05, 4.69) is 0 Å². The van der Waals surface area contributed by atoms with Crippen LogP contribution in [0.4, 0.5) is 0 Å². The lowest BCUT2D eigenvalue weighted by Gasteiger charge is -1.96. The molecule has 3 nitrogen and oxygen atoms in total. The van der Waals surface area contributed by atoms with Crippen LogP contribution >= 0.6 is 0 Å². The lowest BCUT2D eigenvalue weighted by Crippen LogP contribution is -1.91. The Kier molecular flexibility index (Phi) is 11.2. The fourth-order valence-electron chi connectivity index (χ4n) is 0.260. The standard InChI is InChI=1S/C4H7N.C3H6O2S.C2H6/c1-4(2)3-5;4-6(5)3-1-2-3;1-2/h4H,1-2H3;3H,1-2H2,(H,4,5);1-2H3/p-1. The van der Waals surface area contributed by atoms with E-state index in [-0.39, 0.29) is 11.2 Å². The van der Waals surface area contributed by atoms with Gasteiger partial charge in [-0.1, -0.05) is 24.9 Å². The van der Waals surface area contributed by atoms with E-state index in [4.69, 9.17) is 5.26 Å². The van der Waals surface area contributed by atoms with Gasteiger partial charge in [-0.25, -0.2) is 0 Å². The molecule has 1 rings (SSSR count). The zero-order chi connectivity index (χ0) is 10.9. The van der Waals surface area contributed by atoms with Crippen molar-refractivity contribution in [3.8, 4) is 6.07 Å². The molecule has 0 aromatic carbocycles. The fraction of sp³-hybridized carbons (Fsp3) is 0.889. The average Bonchev–Trinajstić information content (AvgIpc) is 2.91. The molecule has 13 heavy (non-hydrogen) atoms. The first kappa shape index (κ1) is 15.1. The highest BCUT2D eigenvalue weighted by atomic mass is 32.2. The van der Waals surface area contributed by atoms with Crippen LogP contribution in [0.5, 0.6) is 0 Å². The van der Waals surface area contributed by atoms with Crippen LogP contribution < -0.4 is 0 Å². The summed E-state index contributed by atoms with van der Waals surface area (Å²) in [4.78, 5) is 0. The van der Waals surface area contributed by atoms with Gasteiger partial charge in [-0.05, 0) is 26.7 Å². The van der Waals surface area contributed by atoms with Crippen molar-refractivity contribution in [2.24, 2.45) is 5.92 Å². The summed E-state index contributed by atoms with van der Waals surface area (Å²) < 4.78 is 19.5. The van der Waals surface area contributed by atoms with Crippen LogP contribution in [0.25, 0.3) is 0 Å². The maximum Gasteiger partial charge on any atom is 0.0649 e. The molecule has 1 aliphatic rings. The van der Waals surface area contributed by atoms with Gasteiger partial charge in [0, 0.05) is 11.2 Å². The molecule has 0 radical (unpaired) electrons. The first-order valence-corrected chi connectivity index (χ1v) is 5.69. The fourth-order valence-corrected chi connectivity index (χ4v) is 0.781. The Hall–Kier alpha value is -0.400. The van der Waals surface area contributed by atoms with Gasteiger partial charge in [0.2, 0.25) is 0 Å². The summed E-state index contributed by atoms with van der Waals surface area (Å²) in [6.07, 6.45) is 1.77. The molecule has 0 N–H and O–H groups in total. The Morgan fingerprint density at radius 2 is 1.77 bits per heavy atom. The van der Waals surface area contributed by atoms with Crippen molar-refractivity contribution < 1.29 is 8.76 Å². The molecule has 1 unspecified atom stereocenters. The second-order valence-corrected chi connectivity index (χ2v) is 3.93. The van der Waals surface area contributed by atoms with Gasteiger partial charge in [0.05, 0.1) is 6.07 Å². The molecule has 78 valence electrons. The van der Waals surface area contributed by atoms with Crippen molar-refractivity contribution in [1.29, 1.82) is 5.26 Å². The highest BCUT2D eigenvalue weighted by Crippen LogP contribution is 2.24. The number of nitriles is 1. The van der Waals surface area contributed by atoms with Crippen molar-refractivity contribution in [3.05, 3.63) is 0 Å². The Balaban J connectivity index is 0. The molecule has 1 atom stereocenters. The van der Waals surface area contributed by atoms with Crippen molar-refractivity contribution in [2.45, 2.75) is 45.8 Å². The Morgan fingerprint density at radius 3 is 1.77 bits per heavy atom. The molecular formula is C9H18NO2S-. The predicted molar refractivity (Wildman–Crippen MR) is 53.7 cm³/mol. The van der Waals surface area contributed by atoms with Gasteiger partial charge in [0.15, 0.2) is 0 Å². The molecule has 0 aliphatic heterocycles. The largest absolute Gasteiger partial charge is 0.772 e. The summed E-state index contributed by atoms with van der Waals surface area (Å²) in [7, 11) is 0. The predicted octanol–water partition coefficient (Wildman–Crippen LogP) is 2.22. The lowest BCUT2D eigenvalue weighted by atomic mass is 10.3. The zero-order valence-electron chi connectivity index (χ0n) is 8.74. The van der Waals surface area contributed by atoms with Crippen molar-refractivity contribution in [2.75, 3.05) is 0 Å². The molecule has 4 heteroatoms. The van der Waals surface area contributed by atoms with Crippen LogP contribution in [0.2, 0.25) is 0 Å². The van der Waals surface area contributed by atoms with Crippen LogP contribution in [-0.4, -0.2) is 14.0 Å². The van der Waals surface area contributed by atoms with Gasteiger partial charge in [0.25, 0.3) is 0 Å². The summed E-state index contributed by atoms with van der Waals surface area (Å²) in [5.74, 6) is 0.190. The molecule has 0 saturated heterocycles. The first-order chi connectivity index (χ1) is 6.07. The molecule has 0 aromatic rings. The van der Waals surface area contributed by atoms with E-state index in [9.17, 15) is 8.76 Å². The quantitative estimate of drug-likeness (QED) is 0.615. The van der Waals surface area contributed by atoms with Gasteiger partial charge in [0.1, 0.15) is 0 Å². The van der Waals surface area contributed by atoms with E-state index >= 15 is 0 Å². The second kappa shape index (κ2) is 9.69. The monoisotopic (exact) mass is 204 g/mol. The van der Waals surface area contributed by atoms with E-state index in [1.165, 1.54) is 0 Å². The van der Waals surface area contributed by atoms with Gasteiger partial charge in [-0.15, -0.1) is 0 Å². The van der Waals surface area contributed by atoms with Crippen LogP contribution in [0.15, 0.2) is 0 Å². The normalized spacial score (nSPS) is 15.8. The van der Waals surface area contributed by atoms with E-state index in [1.807, 2.05) is 33.8 Å². The van der Waals surface area contributed by atoms with Crippen molar-refractivity contribution in [3.63, 3.8) is 0 Å². The third-order valence-corrected chi connectivity index (χ3v) is 2.07. The van der Waals surface area contributed by atoms with Crippen LogP contribution in [0.3, 0.4) is 0 Å². The Bertz CT molecular complexity index is 171. The van der Waals surface area contributed by atoms with Gasteiger partial charge >= 0.3 is 0 Å². The molecule has 0 aromatic heterocycles. The number of hydrogen-bond donors (Lipinski definition) is 0. The second-order valence-electron chi connectivity index (χ2n) is 2.74.